The Hall–Kier alpha value is -7.32. The van der Waals surface area contributed by atoms with Crippen molar-refractivity contribution in [3.8, 4) is 67.5 Å². The molecule has 3 aromatic heterocycles. The monoisotopic (exact) mass is 818 g/mol. The Morgan fingerprint density at radius 3 is 1.03 bits per heavy atom. The van der Waals surface area contributed by atoms with Gasteiger partial charge in [-0.3, -0.25) is 0 Å². The lowest BCUT2D eigenvalue weighted by Gasteiger charge is -2.09. The van der Waals surface area contributed by atoms with Crippen LogP contribution in [-0.4, -0.2) is 41.9 Å². The van der Waals surface area contributed by atoms with E-state index in [-0.39, 0.29) is 17.2 Å². The largest absolute Gasteiger partial charge is 0.508 e. The summed E-state index contributed by atoms with van der Waals surface area (Å²) in [5.41, 5.74) is 13.6. The van der Waals surface area contributed by atoms with Crippen molar-refractivity contribution >= 4 is 46.4 Å². The van der Waals surface area contributed by atoms with E-state index in [2.05, 4.69) is 53.3 Å². The molecule has 8 heteroatoms. The Kier molecular flexibility index (Phi) is 11.7. The number of aromatic nitrogens is 4. The molecule has 2 aliphatic heterocycles. The number of fused-ring (bicyclic) bond motifs is 8. The van der Waals surface area contributed by atoms with Crippen molar-refractivity contribution < 1.29 is 20.1 Å². The summed E-state index contributed by atoms with van der Waals surface area (Å²) in [6.45, 7) is 2.95. The molecule has 0 unspecified atom stereocenters. The summed E-state index contributed by atoms with van der Waals surface area (Å²) in [5, 5.41) is 30.8. The molecule has 8 nitrogen and oxygen atoms in total. The number of benzene rings is 4. The summed E-state index contributed by atoms with van der Waals surface area (Å²) in [6.07, 6.45) is 18.2. The van der Waals surface area contributed by atoms with Crippen LogP contribution < -0.4 is 4.74 Å². The molecule has 310 valence electrons. The quantitative estimate of drug-likeness (QED) is 0.0695. The van der Waals surface area contributed by atoms with Gasteiger partial charge in [-0.2, -0.15) is 0 Å². The van der Waals surface area contributed by atoms with Gasteiger partial charge >= 0.3 is 0 Å². The zero-order valence-electron chi connectivity index (χ0n) is 34.9. The van der Waals surface area contributed by atoms with Crippen LogP contribution in [0, 0.1) is 0 Å². The number of nitrogens with one attached hydrogen (secondary N) is 2. The summed E-state index contributed by atoms with van der Waals surface area (Å²) >= 11 is 0. The highest BCUT2D eigenvalue weighted by atomic mass is 16.5. The summed E-state index contributed by atoms with van der Waals surface area (Å²) < 4.78 is 6.22. The molecule has 0 radical (unpaired) electrons. The second-order valence-electron chi connectivity index (χ2n) is 16.0. The molecule has 0 spiro atoms. The third-order valence-electron chi connectivity index (χ3n) is 11.6. The second-order valence-corrected chi connectivity index (χ2v) is 16.0. The number of aromatic hydroxyl groups is 3. The van der Waals surface area contributed by atoms with Gasteiger partial charge in [-0.1, -0.05) is 100 Å². The second kappa shape index (κ2) is 18.1. The smallest absolute Gasteiger partial charge is 0.119 e. The summed E-state index contributed by atoms with van der Waals surface area (Å²) in [5.74, 6) is 1.37. The van der Waals surface area contributed by atoms with E-state index in [1.165, 1.54) is 44.9 Å². The van der Waals surface area contributed by atoms with E-state index in [0.29, 0.717) is 6.61 Å². The van der Waals surface area contributed by atoms with E-state index in [0.717, 1.165) is 102 Å². The number of phenols is 3. The van der Waals surface area contributed by atoms with E-state index in [9.17, 15) is 15.3 Å². The Morgan fingerprint density at radius 1 is 0.387 bits per heavy atom. The van der Waals surface area contributed by atoms with E-state index in [1.807, 2.05) is 72.8 Å². The first-order chi connectivity index (χ1) is 30.4. The normalized spacial score (nSPS) is 12.0. The predicted molar refractivity (Wildman–Crippen MR) is 254 cm³/mol. The average molecular weight is 819 g/mol. The van der Waals surface area contributed by atoms with Gasteiger partial charge in [0.2, 0.25) is 0 Å². The topological polar surface area (TPSA) is 127 Å². The number of ether oxygens (including phenoxy) is 1. The molecule has 5 N–H and O–H groups in total. The van der Waals surface area contributed by atoms with Gasteiger partial charge in [0, 0.05) is 44.3 Å². The number of H-pyrrole nitrogens is 2. The first-order valence-electron chi connectivity index (χ1n) is 21.7. The Morgan fingerprint density at radius 2 is 0.694 bits per heavy atom. The third-order valence-corrected chi connectivity index (χ3v) is 11.6. The molecular formula is C54H50N4O4. The molecule has 0 fully saturated rings. The Balaban J connectivity index is 1.24. The van der Waals surface area contributed by atoms with Crippen molar-refractivity contribution in [3.05, 3.63) is 144 Å². The first-order valence-corrected chi connectivity index (χ1v) is 21.7. The van der Waals surface area contributed by atoms with Gasteiger partial charge < -0.3 is 30.0 Å². The number of nitrogens with zero attached hydrogens (tertiary/aromatic N) is 2. The van der Waals surface area contributed by atoms with Crippen LogP contribution in [0.3, 0.4) is 0 Å². The highest BCUT2D eigenvalue weighted by Gasteiger charge is 2.19. The van der Waals surface area contributed by atoms with Crippen LogP contribution in [0.5, 0.6) is 23.0 Å². The highest BCUT2D eigenvalue weighted by molar-refractivity contribution is 5.99. The van der Waals surface area contributed by atoms with Crippen molar-refractivity contribution in [2.75, 3.05) is 6.61 Å². The van der Waals surface area contributed by atoms with Gasteiger partial charge in [0.1, 0.15) is 23.0 Å². The molecule has 9 rings (SSSR count). The minimum atomic E-state index is 0.173. The SMILES string of the molecule is CCCCCCCCCCOc1ccc(-c2c3nc(c(-c4ccc(O)cc4)c4ccc([nH]4)c(-c4ccc(O)cc4)c4nc(c(-c5ccc(O)cc5)c5ccc2[nH]5)C=C4)C=C3)cc1. The Labute approximate surface area is 361 Å². The molecule has 0 saturated carbocycles. The minimum Gasteiger partial charge on any atom is -0.508 e. The molecule has 5 heterocycles. The van der Waals surface area contributed by atoms with Gasteiger partial charge in [-0.15, -0.1) is 0 Å². The number of phenolic OH excluding ortho intramolecular Hbond substituents is 3. The van der Waals surface area contributed by atoms with E-state index < -0.39 is 0 Å². The lowest BCUT2D eigenvalue weighted by molar-refractivity contribution is 0.304. The standard InChI is InChI=1S/C54H50N4O4/c1-2-3-4-5-6-7-8-9-34-62-42-24-16-38(17-25-42)54-49-32-30-47(57-49)52(36-12-20-40(60)21-13-36)45-28-26-43(55-45)51(35-10-18-39(59)19-11-35)44-27-29-46(56-44)53(48-31-33-50(54)58-48)37-14-22-41(61)23-15-37/h10-33,55,58-61H,2-9,34H2,1H3. The van der Waals surface area contributed by atoms with Gasteiger partial charge in [0.25, 0.3) is 0 Å². The van der Waals surface area contributed by atoms with E-state index in [4.69, 9.17) is 14.7 Å². The van der Waals surface area contributed by atoms with Gasteiger partial charge in [-0.05, 0) is 126 Å². The Bertz CT molecular complexity index is 2880. The van der Waals surface area contributed by atoms with E-state index in [1.54, 1.807) is 36.4 Å². The van der Waals surface area contributed by atoms with Gasteiger partial charge in [0.15, 0.2) is 0 Å². The summed E-state index contributed by atoms with van der Waals surface area (Å²) in [6, 6.07) is 38.1. The fraction of sp³-hybridized carbons (Fsp3) is 0.185. The van der Waals surface area contributed by atoms with E-state index >= 15 is 0 Å². The lowest BCUT2D eigenvalue weighted by atomic mass is 10.0. The van der Waals surface area contributed by atoms with Crippen LogP contribution in [0.2, 0.25) is 0 Å². The van der Waals surface area contributed by atoms with Crippen molar-refractivity contribution in [1.29, 1.82) is 0 Å². The van der Waals surface area contributed by atoms with Gasteiger partial charge in [-0.25, -0.2) is 9.97 Å². The third kappa shape index (κ3) is 8.63. The molecule has 0 atom stereocenters. The summed E-state index contributed by atoms with van der Waals surface area (Å²) in [4.78, 5) is 18.1. The molecule has 0 amide bonds. The molecule has 7 aromatic rings. The van der Waals surface area contributed by atoms with Crippen LogP contribution in [0.15, 0.2) is 121 Å². The number of aromatic amines is 2. The van der Waals surface area contributed by atoms with Crippen LogP contribution in [0.1, 0.15) is 81.1 Å². The van der Waals surface area contributed by atoms with Crippen LogP contribution in [0.4, 0.5) is 0 Å². The lowest BCUT2D eigenvalue weighted by Crippen LogP contribution is -1.97. The summed E-state index contributed by atoms with van der Waals surface area (Å²) in [7, 11) is 0. The maximum absolute atomic E-state index is 10.3. The molecule has 62 heavy (non-hydrogen) atoms. The first kappa shape index (κ1) is 40.1. The molecule has 0 aliphatic carbocycles. The van der Waals surface area contributed by atoms with Crippen molar-refractivity contribution in [1.82, 2.24) is 19.9 Å². The van der Waals surface area contributed by atoms with Crippen LogP contribution >= 0.6 is 0 Å². The molecule has 8 bridgehead atoms. The molecular weight excluding hydrogens is 769 g/mol. The van der Waals surface area contributed by atoms with Gasteiger partial charge in [0.05, 0.1) is 29.4 Å². The molecule has 2 aliphatic rings. The fourth-order valence-corrected chi connectivity index (χ4v) is 8.45. The van der Waals surface area contributed by atoms with Crippen molar-refractivity contribution in [2.45, 2.75) is 58.3 Å². The molecule has 4 aromatic carbocycles. The number of rotatable bonds is 14. The van der Waals surface area contributed by atoms with Crippen LogP contribution in [0.25, 0.3) is 90.9 Å². The maximum atomic E-state index is 10.3. The zero-order valence-corrected chi connectivity index (χ0v) is 34.9. The van der Waals surface area contributed by atoms with Crippen molar-refractivity contribution in [2.24, 2.45) is 0 Å². The average Bonchev–Trinajstić information content (AvgIpc) is 4.14. The fourth-order valence-electron chi connectivity index (χ4n) is 8.45. The number of unbranched alkanes of at least 4 members (excludes halogenated alkanes) is 7. The number of hydrogen-bond acceptors (Lipinski definition) is 6. The van der Waals surface area contributed by atoms with Crippen molar-refractivity contribution in [3.63, 3.8) is 0 Å². The minimum absolute atomic E-state index is 0.173. The zero-order chi connectivity index (χ0) is 42.4. The number of hydrogen-bond donors (Lipinski definition) is 5. The highest BCUT2D eigenvalue weighted by Crippen LogP contribution is 2.39. The van der Waals surface area contributed by atoms with Crippen LogP contribution in [-0.2, 0) is 0 Å². The maximum Gasteiger partial charge on any atom is 0.119 e. The molecule has 0 saturated heterocycles. The predicted octanol–water partition coefficient (Wildman–Crippen LogP) is 14.0.